The van der Waals surface area contributed by atoms with Crippen molar-refractivity contribution in [2.24, 2.45) is 5.92 Å². The van der Waals surface area contributed by atoms with E-state index in [9.17, 15) is 14.7 Å². The molecule has 3 aromatic rings. The van der Waals surface area contributed by atoms with Gasteiger partial charge >= 0.3 is 12.0 Å². The first-order chi connectivity index (χ1) is 20.4. The van der Waals surface area contributed by atoms with E-state index in [-0.39, 0.29) is 44.4 Å². The molecule has 0 aliphatic carbocycles. The molecule has 0 radical (unpaired) electrons. The van der Waals surface area contributed by atoms with Gasteiger partial charge in [0.25, 0.3) is 0 Å². The fourth-order valence-electron chi connectivity index (χ4n) is 4.62. The number of nitrogens with one attached hydrogen (secondary N) is 2. The lowest BCUT2D eigenvalue weighted by Gasteiger charge is -2.41. The number of methoxy groups -OCH3 is 1. The number of aliphatic hydroxyl groups excluding tert-OH is 1. The highest BCUT2D eigenvalue weighted by Crippen LogP contribution is 2.43. The molecule has 2 amide bonds. The molecule has 1 saturated heterocycles. The van der Waals surface area contributed by atoms with Crippen LogP contribution in [0.2, 0.25) is 0 Å². The van der Waals surface area contributed by atoms with Crippen LogP contribution in [0.25, 0.3) is 0 Å². The average molecular weight is 595 g/mol. The van der Waals surface area contributed by atoms with Crippen molar-refractivity contribution < 1.29 is 33.6 Å². The number of thioether (sulfide) groups is 1. The fraction of sp³-hybridized carbons (Fsp3) is 0.375. The average Bonchev–Trinajstić information content (AvgIpc) is 3.03. The molecule has 3 N–H and O–H groups in total. The Morgan fingerprint density at radius 2 is 1.62 bits per heavy atom. The minimum Gasteiger partial charge on any atom is -0.496 e. The summed E-state index contributed by atoms with van der Waals surface area (Å²) in [6, 6.07) is 23.0. The highest BCUT2D eigenvalue weighted by molar-refractivity contribution is 7.99. The zero-order valence-corrected chi connectivity index (χ0v) is 24.9. The van der Waals surface area contributed by atoms with Gasteiger partial charge in [-0.2, -0.15) is 0 Å². The zero-order valence-electron chi connectivity index (χ0n) is 24.1. The maximum atomic E-state index is 12.0. The lowest BCUT2D eigenvalue weighted by Crippen LogP contribution is -2.39. The SMILES string of the molecule is CCOC(=O)CNC(=O)NCc1ccc([C@@H]2O[C@H](CSc3ccccc3OC)[C@H](C)[C@H](c3ccc(CO)cc3)O2)cc1. The molecule has 1 fully saturated rings. The van der Waals surface area contributed by atoms with Crippen molar-refractivity contribution in [2.45, 2.75) is 50.4 Å². The molecule has 10 heteroatoms. The van der Waals surface area contributed by atoms with Gasteiger partial charge in [-0.1, -0.05) is 67.6 Å². The number of amides is 2. The van der Waals surface area contributed by atoms with E-state index in [4.69, 9.17) is 18.9 Å². The van der Waals surface area contributed by atoms with E-state index in [1.807, 2.05) is 72.8 Å². The smallest absolute Gasteiger partial charge is 0.325 e. The Hall–Kier alpha value is -3.57. The van der Waals surface area contributed by atoms with E-state index in [2.05, 4.69) is 17.6 Å². The maximum Gasteiger partial charge on any atom is 0.325 e. The summed E-state index contributed by atoms with van der Waals surface area (Å²) in [5.41, 5.74) is 3.61. The number of carbonyl (C=O) groups excluding carboxylic acids is 2. The van der Waals surface area contributed by atoms with Crippen molar-refractivity contribution in [3.63, 3.8) is 0 Å². The minimum absolute atomic E-state index is 0.0144. The van der Waals surface area contributed by atoms with Gasteiger partial charge in [0.05, 0.1) is 32.5 Å². The van der Waals surface area contributed by atoms with Crippen LogP contribution in [0.15, 0.2) is 77.7 Å². The van der Waals surface area contributed by atoms with Crippen LogP contribution in [0, 0.1) is 5.92 Å². The van der Waals surface area contributed by atoms with E-state index in [1.54, 1.807) is 25.8 Å². The van der Waals surface area contributed by atoms with Crippen LogP contribution in [0.3, 0.4) is 0 Å². The third-order valence-electron chi connectivity index (χ3n) is 7.00. The molecule has 0 spiro atoms. The number of para-hydroxylation sites is 1. The number of aliphatic hydroxyl groups is 1. The Morgan fingerprint density at radius 1 is 0.929 bits per heavy atom. The Bertz CT molecular complexity index is 1300. The van der Waals surface area contributed by atoms with Gasteiger partial charge in [0.2, 0.25) is 0 Å². The van der Waals surface area contributed by atoms with Crippen LogP contribution in [0.1, 0.15) is 48.5 Å². The quantitative estimate of drug-likeness (QED) is 0.195. The first-order valence-electron chi connectivity index (χ1n) is 13.9. The second-order valence-corrected chi connectivity index (χ2v) is 10.9. The van der Waals surface area contributed by atoms with Crippen molar-refractivity contribution in [3.8, 4) is 5.75 Å². The predicted octanol–water partition coefficient (Wildman–Crippen LogP) is 5.13. The number of ether oxygens (including phenoxy) is 4. The maximum absolute atomic E-state index is 12.0. The van der Waals surface area contributed by atoms with E-state index in [0.717, 1.165) is 32.9 Å². The molecule has 224 valence electrons. The highest BCUT2D eigenvalue weighted by atomic mass is 32.2. The minimum atomic E-state index is -0.595. The van der Waals surface area contributed by atoms with Crippen molar-refractivity contribution in [1.82, 2.24) is 10.6 Å². The van der Waals surface area contributed by atoms with Crippen molar-refractivity contribution in [2.75, 3.05) is 26.0 Å². The molecule has 0 aromatic heterocycles. The van der Waals surface area contributed by atoms with Gasteiger partial charge in [0.15, 0.2) is 6.29 Å². The molecule has 0 unspecified atom stereocenters. The first-order valence-corrected chi connectivity index (χ1v) is 14.9. The molecule has 9 nitrogen and oxygen atoms in total. The fourth-order valence-corrected chi connectivity index (χ4v) is 5.82. The topological polar surface area (TPSA) is 115 Å². The largest absolute Gasteiger partial charge is 0.496 e. The molecule has 0 bridgehead atoms. The van der Waals surface area contributed by atoms with Crippen molar-refractivity contribution >= 4 is 23.8 Å². The number of esters is 1. The number of urea groups is 1. The second-order valence-electron chi connectivity index (χ2n) is 9.87. The number of carbonyl (C=O) groups is 2. The molecule has 1 aliphatic rings. The molecule has 0 saturated carbocycles. The lowest BCUT2D eigenvalue weighted by atomic mass is 9.91. The van der Waals surface area contributed by atoms with Gasteiger partial charge in [0.1, 0.15) is 12.3 Å². The zero-order chi connectivity index (χ0) is 29.9. The Kier molecular flexibility index (Phi) is 11.7. The Balaban J connectivity index is 1.45. The summed E-state index contributed by atoms with van der Waals surface area (Å²) in [7, 11) is 1.67. The van der Waals surface area contributed by atoms with Crippen LogP contribution >= 0.6 is 11.8 Å². The number of hydrogen-bond donors (Lipinski definition) is 3. The van der Waals surface area contributed by atoms with Crippen LogP contribution in [0.5, 0.6) is 5.75 Å². The van der Waals surface area contributed by atoms with Gasteiger partial charge in [-0.15, -0.1) is 11.8 Å². The van der Waals surface area contributed by atoms with Crippen LogP contribution in [-0.4, -0.2) is 49.2 Å². The van der Waals surface area contributed by atoms with Gasteiger partial charge < -0.3 is 34.7 Å². The number of benzene rings is 3. The van der Waals surface area contributed by atoms with Crippen molar-refractivity contribution in [1.29, 1.82) is 0 Å². The first kappa shape index (κ1) is 31.4. The summed E-state index contributed by atoms with van der Waals surface area (Å²) in [5, 5.41) is 14.7. The molecule has 1 heterocycles. The van der Waals surface area contributed by atoms with Gasteiger partial charge in [-0.05, 0) is 35.7 Å². The molecule has 1 aliphatic heterocycles. The summed E-state index contributed by atoms with van der Waals surface area (Å²) in [5.74, 6) is 1.10. The Morgan fingerprint density at radius 3 is 2.31 bits per heavy atom. The predicted molar refractivity (Wildman–Crippen MR) is 160 cm³/mol. The normalized spacial score (nSPS) is 20.0. The molecule has 4 atom stereocenters. The molecular formula is C32H38N2O7S. The van der Waals surface area contributed by atoms with Crippen molar-refractivity contribution in [3.05, 3.63) is 95.1 Å². The van der Waals surface area contributed by atoms with Gasteiger partial charge in [-0.25, -0.2) is 4.79 Å². The third-order valence-corrected chi connectivity index (χ3v) is 8.14. The van der Waals surface area contributed by atoms with E-state index >= 15 is 0 Å². The summed E-state index contributed by atoms with van der Waals surface area (Å²) < 4.78 is 23.4. The van der Waals surface area contributed by atoms with E-state index in [0.29, 0.717) is 5.75 Å². The summed E-state index contributed by atoms with van der Waals surface area (Å²) in [6.45, 7) is 4.20. The second kappa shape index (κ2) is 15.6. The number of hydrogen-bond acceptors (Lipinski definition) is 8. The van der Waals surface area contributed by atoms with Crippen LogP contribution < -0.4 is 15.4 Å². The van der Waals surface area contributed by atoms with Gasteiger partial charge in [-0.3, -0.25) is 4.79 Å². The molecule has 3 aromatic carbocycles. The summed E-state index contributed by atoms with van der Waals surface area (Å²) in [6.07, 6.45) is -0.934. The molecular weight excluding hydrogens is 556 g/mol. The van der Waals surface area contributed by atoms with Crippen LogP contribution in [0.4, 0.5) is 4.79 Å². The lowest BCUT2D eigenvalue weighted by molar-refractivity contribution is -0.268. The van der Waals surface area contributed by atoms with Gasteiger partial charge in [0, 0.05) is 28.7 Å². The standard InChI is InChI=1S/C32H38N2O7S/c1-4-39-29(36)18-34-32(37)33-17-22-9-15-25(16-10-22)31-40-27(20-42-28-8-6-5-7-26(28)38-3)21(2)30(41-31)24-13-11-23(19-35)12-14-24/h5-16,21,27,30-31,35H,4,17-20H2,1-3H3,(H2,33,34,37)/t21-,27+,30+,31+/m0/s1. The monoisotopic (exact) mass is 594 g/mol. The van der Waals surface area contributed by atoms with E-state index < -0.39 is 18.3 Å². The van der Waals surface area contributed by atoms with E-state index in [1.165, 1.54) is 0 Å². The molecule has 4 rings (SSSR count). The van der Waals surface area contributed by atoms with Crippen LogP contribution in [-0.2, 0) is 32.2 Å². The Labute approximate surface area is 250 Å². The number of rotatable bonds is 12. The third kappa shape index (κ3) is 8.48. The summed E-state index contributed by atoms with van der Waals surface area (Å²) >= 11 is 1.69. The summed E-state index contributed by atoms with van der Waals surface area (Å²) in [4.78, 5) is 24.5. The highest BCUT2D eigenvalue weighted by Gasteiger charge is 2.38. The molecule has 42 heavy (non-hydrogen) atoms.